The molecular formula is C36H32N4O6. The first-order valence-corrected chi connectivity index (χ1v) is 14.4. The number of hydrogen-bond acceptors (Lipinski definition) is 7. The first-order valence-electron chi connectivity index (χ1n) is 14.4. The summed E-state index contributed by atoms with van der Waals surface area (Å²) in [7, 11) is 6.31. The molecule has 1 N–H and O–H groups in total. The summed E-state index contributed by atoms with van der Waals surface area (Å²) in [5.41, 5.74) is 4.74. The maximum absolute atomic E-state index is 13.5. The van der Waals surface area contributed by atoms with Gasteiger partial charge in [-0.1, -0.05) is 48.5 Å². The van der Waals surface area contributed by atoms with Crippen molar-refractivity contribution in [2.45, 2.75) is 6.17 Å². The van der Waals surface area contributed by atoms with Gasteiger partial charge >= 0.3 is 5.97 Å². The summed E-state index contributed by atoms with van der Waals surface area (Å²) in [6, 6.07) is 33.4. The van der Waals surface area contributed by atoms with Crippen LogP contribution in [0, 0.1) is 0 Å². The van der Waals surface area contributed by atoms with E-state index in [4.69, 9.17) is 29.1 Å². The molecule has 0 radical (unpaired) electrons. The van der Waals surface area contributed by atoms with Crippen molar-refractivity contribution in [2.75, 3.05) is 28.4 Å². The van der Waals surface area contributed by atoms with Crippen LogP contribution in [0.3, 0.4) is 0 Å². The zero-order valence-corrected chi connectivity index (χ0v) is 25.7. The molecule has 0 amide bonds. The molecule has 0 saturated carbocycles. The van der Waals surface area contributed by atoms with E-state index in [1.807, 2.05) is 109 Å². The highest BCUT2D eigenvalue weighted by Gasteiger charge is 2.32. The third-order valence-electron chi connectivity index (χ3n) is 7.69. The van der Waals surface area contributed by atoms with Gasteiger partial charge in [0.2, 0.25) is 6.17 Å². The summed E-state index contributed by atoms with van der Waals surface area (Å²) in [5, 5.41) is 20.8. The number of carboxylic acids is 1. The molecule has 0 saturated heterocycles. The van der Waals surface area contributed by atoms with Crippen LogP contribution in [0.4, 0.5) is 0 Å². The highest BCUT2D eigenvalue weighted by molar-refractivity contribution is 5.81. The van der Waals surface area contributed by atoms with Gasteiger partial charge in [-0.3, -0.25) is 0 Å². The molecule has 0 aliphatic rings. The average molecular weight is 617 g/mol. The molecule has 4 aromatic carbocycles. The first-order chi connectivity index (χ1) is 22.5. The molecule has 0 atom stereocenters. The number of benzene rings is 4. The predicted molar refractivity (Wildman–Crippen MR) is 174 cm³/mol. The van der Waals surface area contributed by atoms with Crippen LogP contribution in [-0.2, 0) is 4.79 Å². The second kappa shape index (κ2) is 12.9. The SMILES string of the molecule is COc1ccccc1-c1cc(-c2ccccc2OC)n(C(C(=O)O)n2nc(-c3ccccc3OC)cc2-c2ccccc2OC)n1. The van der Waals surface area contributed by atoms with Crippen molar-refractivity contribution < 1.29 is 28.8 Å². The van der Waals surface area contributed by atoms with Crippen molar-refractivity contribution in [2.24, 2.45) is 0 Å². The van der Waals surface area contributed by atoms with Gasteiger partial charge in [0.25, 0.3) is 0 Å². The van der Waals surface area contributed by atoms with Gasteiger partial charge in [-0.2, -0.15) is 10.2 Å². The Morgan fingerprint density at radius 2 is 0.848 bits per heavy atom. The van der Waals surface area contributed by atoms with Gasteiger partial charge in [0.15, 0.2) is 0 Å². The molecule has 0 aliphatic carbocycles. The van der Waals surface area contributed by atoms with E-state index in [0.29, 0.717) is 68.0 Å². The van der Waals surface area contributed by atoms with Crippen LogP contribution in [0.15, 0.2) is 109 Å². The molecule has 0 bridgehead atoms. The van der Waals surface area contributed by atoms with E-state index in [0.717, 1.165) is 0 Å². The Morgan fingerprint density at radius 3 is 1.17 bits per heavy atom. The number of aliphatic carboxylic acids is 1. The van der Waals surface area contributed by atoms with E-state index in [1.54, 1.807) is 28.4 Å². The lowest BCUT2D eigenvalue weighted by atomic mass is 10.1. The Hall–Kier alpha value is -6.03. The van der Waals surface area contributed by atoms with Crippen LogP contribution in [0.1, 0.15) is 6.17 Å². The second-order valence-corrected chi connectivity index (χ2v) is 10.2. The number of aromatic nitrogens is 4. The van der Waals surface area contributed by atoms with Crippen molar-refractivity contribution in [1.82, 2.24) is 19.6 Å². The second-order valence-electron chi connectivity index (χ2n) is 10.2. The zero-order valence-electron chi connectivity index (χ0n) is 25.7. The molecule has 2 heterocycles. The number of carboxylic acid groups (broad SMARTS) is 1. The number of rotatable bonds is 11. The Labute approximate surface area is 266 Å². The van der Waals surface area contributed by atoms with Gasteiger partial charge in [0.05, 0.1) is 51.2 Å². The first kappa shape index (κ1) is 30.0. The van der Waals surface area contributed by atoms with Crippen LogP contribution in [0.5, 0.6) is 23.0 Å². The molecule has 0 aliphatic heterocycles. The van der Waals surface area contributed by atoms with Crippen molar-refractivity contribution in [3.63, 3.8) is 0 Å². The number of ether oxygens (including phenoxy) is 4. The van der Waals surface area contributed by atoms with Crippen LogP contribution in [0.25, 0.3) is 45.0 Å². The van der Waals surface area contributed by atoms with Crippen LogP contribution in [-0.4, -0.2) is 59.1 Å². The smallest absolute Gasteiger partial charge is 0.351 e. The highest BCUT2D eigenvalue weighted by Crippen LogP contribution is 2.40. The third-order valence-corrected chi connectivity index (χ3v) is 7.69. The van der Waals surface area contributed by atoms with E-state index in [1.165, 1.54) is 9.36 Å². The van der Waals surface area contributed by atoms with Gasteiger partial charge in [-0.05, 0) is 60.7 Å². The van der Waals surface area contributed by atoms with Gasteiger partial charge in [-0.15, -0.1) is 0 Å². The number of nitrogens with zero attached hydrogens (tertiary/aromatic N) is 4. The summed E-state index contributed by atoms with van der Waals surface area (Å²) in [5.74, 6) is 1.12. The van der Waals surface area contributed by atoms with Crippen molar-refractivity contribution >= 4 is 5.97 Å². The topological polar surface area (TPSA) is 110 Å². The largest absolute Gasteiger partial charge is 0.496 e. The zero-order chi connectivity index (χ0) is 32.2. The van der Waals surface area contributed by atoms with Gasteiger partial charge in [-0.25, -0.2) is 14.2 Å². The normalized spacial score (nSPS) is 11.0. The Kier molecular flexibility index (Phi) is 8.42. The highest BCUT2D eigenvalue weighted by atomic mass is 16.5. The fourth-order valence-electron chi connectivity index (χ4n) is 5.57. The Bertz CT molecular complexity index is 1880. The van der Waals surface area contributed by atoms with Crippen LogP contribution >= 0.6 is 0 Å². The van der Waals surface area contributed by atoms with Gasteiger partial charge in [0, 0.05) is 22.3 Å². The van der Waals surface area contributed by atoms with E-state index >= 15 is 0 Å². The molecule has 0 unspecified atom stereocenters. The van der Waals surface area contributed by atoms with E-state index in [9.17, 15) is 9.90 Å². The lowest BCUT2D eigenvalue weighted by Crippen LogP contribution is -2.29. The lowest BCUT2D eigenvalue weighted by Gasteiger charge is -2.20. The average Bonchev–Trinajstić information content (AvgIpc) is 3.73. The van der Waals surface area contributed by atoms with Gasteiger partial charge < -0.3 is 24.1 Å². The summed E-state index contributed by atoms with van der Waals surface area (Å²) < 4.78 is 25.6. The number of para-hydroxylation sites is 4. The quantitative estimate of drug-likeness (QED) is 0.167. The van der Waals surface area contributed by atoms with Crippen molar-refractivity contribution in [3.05, 3.63) is 109 Å². The number of hydrogen-bond donors (Lipinski definition) is 1. The molecule has 0 fully saturated rings. The maximum atomic E-state index is 13.5. The van der Waals surface area contributed by atoms with E-state index in [-0.39, 0.29) is 0 Å². The Morgan fingerprint density at radius 1 is 0.543 bits per heavy atom. The molecular weight excluding hydrogens is 584 g/mol. The Balaban J connectivity index is 1.66. The fourth-order valence-corrected chi connectivity index (χ4v) is 5.57. The molecule has 6 rings (SSSR count). The molecule has 0 spiro atoms. The molecule has 10 heteroatoms. The van der Waals surface area contributed by atoms with E-state index < -0.39 is 12.1 Å². The van der Waals surface area contributed by atoms with E-state index in [2.05, 4.69) is 0 Å². The maximum Gasteiger partial charge on any atom is 0.351 e. The minimum atomic E-state index is -1.44. The standard InChI is InChI=1S/C36H32N4O6/c1-43-31-17-9-5-13-23(31)27-21-29(25-15-7-11-19-33(25)45-3)39(37-27)35(36(41)42)40-30(26-16-8-12-20-34(26)46-4)22-28(38-40)24-14-6-10-18-32(24)44-2/h5-22,35H,1-4H3,(H,41,42). The molecule has 10 nitrogen and oxygen atoms in total. The summed E-state index contributed by atoms with van der Waals surface area (Å²) in [4.78, 5) is 13.5. The molecule has 46 heavy (non-hydrogen) atoms. The molecule has 2 aromatic heterocycles. The van der Waals surface area contributed by atoms with Gasteiger partial charge in [0.1, 0.15) is 23.0 Å². The predicted octanol–water partition coefficient (Wildman–Crippen LogP) is 6.91. The van der Waals surface area contributed by atoms with Crippen LogP contribution < -0.4 is 18.9 Å². The third kappa shape index (κ3) is 5.41. The summed E-state index contributed by atoms with van der Waals surface area (Å²) in [6.45, 7) is 0. The summed E-state index contributed by atoms with van der Waals surface area (Å²) >= 11 is 0. The number of methoxy groups -OCH3 is 4. The fraction of sp³-hybridized carbons (Fsp3) is 0.139. The minimum absolute atomic E-state index is 0.506. The number of carbonyl (C=O) groups is 1. The van der Waals surface area contributed by atoms with Crippen LogP contribution in [0.2, 0.25) is 0 Å². The minimum Gasteiger partial charge on any atom is -0.496 e. The molecule has 232 valence electrons. The molecule has 6 aromatic rings. The monoisotopic (exact) mass is 616 g/mol. The lowest BCUT2D eigenvalue weighted by molar-refractivity contribution is -0.142. The summed E-state index contributed by atoms with van der Waals surface area (Å²) in [6.07, 6.45) is -1.44. The van der Waals surface area contributed by atoms with Crippen molar-refractivity contribution in [3.8, 4) is 68.0 Å². The van der Waals surface area contributed by atoms with Crippen molar-refractivity contribution in [1.29, 1.82) is 0 Å².